The van der Waals surface area contributed by atoms with E-state index < -0.39 is 10.0 Å². The predicted molar refractivity (Wildman–Crippen MR) is 122 cm³/mol. The second-order valence-electron chi connectivity index (χ2n) is 7.42. The van der Waals surface area contributed by atoms with Crippen molar-refractivity contribution in [3.8, 4) is 5.75 Å². The highest BCUT2D eigenvalue weighted by atomic mass is 32.2. The van der Waals surface area contributed by atoms with Gasteiger partial charge in [-0.2, -0.15) is 4.31 Å². The van der Waals surface area contributed by atoms with Crippen LogP contribution in [0.15, 0.2) is 76.3 Å². The summed E-state index contributed by atoms with van der Waals surface area (Å²) < 4.78 is 33.0. The van der Waals surface area contributed by atoms with Crippen molar-refractivity contribution in [2.75, 3.05) is 18.4 Å². The molecule has 1 aromatic heterocycles. The maximum absolute atomic E-state index is 12.8. The number of anilines is 1. The van der Waals surface area contributed by atoms with Crippen molar-refractivity contribution in [1.29, 1.82) is 0 Å². The smallest absolute Gasteiger partial charge is 0.252 e. The van der Waals surface area contributed by atoms with Gasteiger partial charge in [0.15, 0.2) is 0 Å². The molecule has 3 aromatic rings. The lowest BCUT2D eigenvalue weighted by atomic mass is 9.99. The van der Waals surface area contributed by atoms with Crippen LogP contribution in [0.5, 0.6) is 5.75 Å². The SMILES string of the molecule is O=C(Nc1ccc(OCc2ccccc2)cc1)C1CCCN(S(=O)(=O)c2cccs2)C1. The van der Waals surface area contributed by atoms with E-state index in [1.807, 2.05) is 42.5 Å². The Bertz CT molecular complexity index is 1100. The maximum atomic E-state index is 12.8. The van der Waals surface area contributed by atoms with Gasteiger partial charge >= 0.3 is 0 Å². The molecule has 31 heavy (non-hydrogen) atoms. The summed E-state index contributed by atoms with van der Waals surface area (Å²) in [7, 11) is -3.54. The van der Waals surface area contributed by atoms with Crippen molar-refractivity contribution in [2.24, 2.45) is 5.92 Å². The number of hydrogen-bond donors (Lipinski definition) is 1. The molecule has 0 spiro atoms. The van der Waals surface area contributed by atoms with Crippen LogP contribution in [-0.2, 0) is 21.4 Å². The molecule has 162 valence electrons. The molecule has 4 rings (SSSR count). The first kappa shape index (κ1) is 21.5. The zero-order valence-electron chi connectivity index (χ0n) is 16.9. The molecule has 1 fully saturated rings. The molecule has 2 heterocycles. The number of carbonyl (C=O) groups excluding carboxylic acids is 1. The number of benzene rings is 2. The molecule has 8 heteroatoms. The summed E-state index contributed by atoms with van der Waals surface area (Å²) in [6.45, 7) is 1.12. The Kier molecular flexibility index (Phi) is 6.70. The van der Waals surface area contributed by atoms with Crippen LogP contribution in [0, 0.1) is 5.92 Å². The Morgan fingerprint density at radius 3 is 2.55 bits per heavy atom. The van der Waals surface area contributed by atoms with Crippen molar-refractivity contribution in [1.82, 2.24) is 4.31 Å². The standard InChI is InChI=1S/C23H24N2O4S2/c26-23(19-8-4-14-25(16-19)31(27,28)22-9-5-15-30-22)24-20-10-12-21(13-11-20)29-17-18-6-2-1-3-7-18/h1-3,5-7,9-13,15,19H,4,8,14,16-17H2,(H,24,26). The molecule has 0 saturated carbocycles. The average molecular weight is 457 g/mol. The first-order valence-electron chi connectivity index (χ1n) is 10.1. The molecule has 0 bridgehead atoms. The van der Waals surface area contributed by atoms with Crippen LogP contribution in [0.3, 0.4) is 0 Å². The Labute approximate surface area is 186 Å². The summed E-state index contributed by atoms with van der Waals surface area (Å²) in [5.74, 6) is 0.175. The first-order valence-corrected chi connectivity index (χ1v) is 12.5. The second kappa shape index (κ2) is 9.64. The van der Waals surface area contributed by atoms with E-state index in [1.54, 1.807) is 29.6 Å². The number of piperidine rings is 1. The zero-order chi connectivity index (χ0) is 21.7. The van der Waals surface area contributed by atoms with Crippen LogP contribution >= 0.6 is 11.3 Å². The van der Waals surface area contributed by atoms with Gasteiger partial charge in [-0.15, -0.1) is 11.3 Å². The third kappa shape index (κ3) is 5.33. The first-order chi connectivity index (χ1) is 15.0. The Balaban J connectivity index is 1.33. The molecular weight excluding hydrogens is 432 g/mol. The van der Waals surface area contributed by atoms with Crippen molar-refractivity contribution in [3.05, 3.63) is 77.7 Å². The number of hydrogen-bond acceptors (Lipinski definition) is 5. The maximum Gasteiger partial charge on any atom is 0.252 e. The third-order valence-corrected chi connectivity index (χ3v) is 8.45. The summed E-state index contributed by atoms with van der Waals surface area (Å²) in [4.78, 5) is 12.8. The van der Waals surface area contributed by atoms with Crippen molar-refractivity contribution >= 4 is 33.0 Å². The molecule has 1 amide bonds. The minimum Gasteiger partial charge on any atom is -0.489 e. The molecular formula is C23H24N2O4S2. The Morgan fingerprint density at radius 1 is 1.06 bits per heavy atom. The second-order valence-corrected chi connectivity index (χ2v) is 10.5. The quantitative estimate of drug-likeness (QED) is 0.573. The Morgan fingerprint density at radius 2 is 1.84 bits per heavy atom. The van der Waals surface area contributed by atoms with E-state index >= 15 is 0 Å². The number of nitrogens with one attached hydrogen (secondary N) is 1. The normalized spacial score (nSPS) is 17.2. The number of thiophene rings is 1. The summed E-state index contributed by atoms with van der Waals surface area (Å²) in [5.41, 5.74) is 1.74. The lowest BCUT2D eigenvalue weighted by Crippen LogP contribution is -2.43. The Hall–Kier alpha value is -2.68. The molecule has 1 aliphatic rings. The van der Waals surface area contributed by atoms with E-state index in [0.717, 1.165) is 5.56 Å². The highest BCUT2D eigenvalue weighted by Gasteiger charge is 2.33. The van der Waals surface area contributed by atoms with Crippen molar-refractivity contribution in [2.45, 2.75) is 23.7 Å². The summed E-state index contributed by atoms with van der Waals surface area (Å²) in [5, 5.41) is 4.65. The molecule has 0 aliphatic carbocycles. The molecule has 0 radical (unpaired) electrons. The minimum absolute atomic E-state index is 0.163. The molecule has 1 unspecified atom stereocenters. The highest BCUT2D eigenvalue weighted by Crippen LogP contribution is 2.27. The van der Waals surface area contributed by atoms with E-state index in [-0.39, 0.29) is 18.4 Å². The monoisotopic (exact) mass is 456 g/mol. The molecule has 6 nitrogen and oxygen atoms in total. The fraction of sp³-hybridized carbons (Fsp3) is 0.261. The molecule has 1 atom stereocenters. The van der Waals surface area contributed by atoms with Gasteiger partial charge < -0.3 is 10.1 Å². The molecule has 2 aromatic carbocycles. The zero-order valence-corrected chi connectivity index (χ0v) is 18.6. The van der Waals surface area contributed by atoms with Crippen LogP contribution < -0.4 is 10.1 Å². The van der Waals surface area contributed by atoms with E-state index in [1.165, 1.54) is 15.6 Å². The van der Waals surface area contributed by atoms with E-state index in [0.29, 0.717) is 41.6 Å². The summed E-state index contributed by atoms with van der Waals surface area (Å²) in [6.07, 6.45) is 1.33. The van der Waals surface area contributed by atoms with Crippen LogP contribution in [0.4, 0.5) is 5.69 Å². The number of ether oxygens (including phenoxy) is 1. The van der Waals surface area contributed by atoms with Crippen LogP contribution in [0.25, 0.3) is 0 Å². The van der Waals surface area contributed by atoms with Gasteiger partial charge in [0.05, 0.1) is 5.92 Å². The molecule has 1 N–H and O–H groups in total. The van der Waals surface area contributed by atoms with Crippen LogP contribution in [0.1, 0.15) is 18.4 Å². The number of amides is 1. The van der Waals surface area contributed by atoms with Gasteiger partial charge in [0, 0.05) is 18.8 Å². The van der Waals surface area contributed by atoms with Gasteiger partial charge in [-0.3, -0.25) is 4.79 Å². The van der Waals surface area contributed by atoms with E-state index in [2.05, 4.69) is 5.32 Å². The number of sulfonamides is 1. The summed E-state index contributed by atoms with van der Waals surface area (Å²) >= 11 is 1.20. The van der Waals surface area contributed by atoms with Gasteiger partial charge in [-0.25, -0.2) is 8.42 Å². The number of carbonyl (C=O) groups is 1. The number of nitrogens with zero attached hydrogens (tertiary/aromatic N) is 1. The van der Waals surface area contributed by atoms with Gasteiger partial charge in [0.2, 0.25) is 5.91 Å². The average Bonchev–Trinajstić information content (AvgIpc) is 3.35. The topological polar surface area (TPSA) is 75.7 Å². The minimum atomic E-state index is -3.54. The largest absolute Gasteiger partial charge is 0.489 e. The van der Waals surface area contributed by atoms with Gasteiger partial charge in [0.25, 0.3) is 10.0 Å². The lowest BCUT2D eigenvalue weighted by molar-refractivity contribution is -0.120. The molecule has 1 aliphatic heterocycles. The molecule has 1 saturated heterocycles. The van der Waals surface area contributed by atoms with Gasteiger partial charge in [-0.1, -0.05) is 36.4 Å². The lowest BCUT2D eigenvalue weighted by Gasteiger charge is -2.30. The predicted octanol–water partition coefficient (Wildman–Crippen LogP) is 4.37. The summed E-state index contributed by atoms with van der Waals surface area (Å²) in [6, 6.07) is 20.4. The number of rotatable bonds is 7. The fourth-order valence-electron chi connectivity index (χ4n) is 3.53. The highest BCUT2D eigenvalue weighted by molar-refractivity contribution is 7.91. The van der Waals surface area contributed by atoms with Gasteiger partial charge in [-0.05, 0) is 54.1 Å². The van der Waals surface area contributed by atoms with Crippen LogP contribution in [0.2, 0.25) is 0 Å². The van der Waals surface area contributed by atoms with E-state index in [9.17, 15) is 13.2 Å². The van der Waals surface area contributed by atoms with Crippen molar-refractivity contribution < 1.29 is 17.9 Å². The third-order valence-electron chi connectivity index (χ3n) is 5.21. The van der Waals surface area contributed by atoms with Crippen molar-refractivity contribution in [3.63, 3.8) is 0 Å². The van der Waals surface area contributed by atoms with Crippen LogP contribution in [-0.4, -0.2) is 31.7 Å². The van der Waals surface area contributed by atoms with E-state index in [4.69, 9.17) is 4.74 Å². The fourth-order valence-corrected chi connectivity index (χ4v) is 6.20. The van der Waals surface area contributed by atoms with Gasteiger partial charge in [0.1, 0.15) is 16.6 Å².